The van der Waals surface area contributed by atoms with Gasteiger partial charge in [-0.15, -0.1) is 0 Å². The molecule has 1 heterocycles. The molecule has 1 N–H and O–H groups in total. The molecule has 0 spiro atoms. The summed E-state index contributed by atoms with van der Waals surface area (Å²) in [6, 6.07) is 18.3. The number of nitrogens with zero attached hydrogens (tertiary/aromatic N) is 2. The van der Waals surface area contributed by atoms with Crippen LogP contribution in [0.15, 0.2) is 54.6 Å². The van der Waals surface area contributed by atoms with E-state index in [4.69, 9.17) is 23.8 Å². The quantitative estimate of drug-likeness (QED) is 0.544. The lowest BCUT2D eigenvalue weighted by Gasteiger charge is -2.25. The third kappa shape index (κ3) is 3.50. The van der Waals surface area contributed by atoms with Crippen molar-refractivity contribution in [2.24, 2.45) is 0 Å². The normalized spacial score (nSPS) is 10.6. The van der Waals surface area contributed by atoms with Gasteiger partial charge in [-0.25, -0.2) is 4.98 Å². The van der Waals surface area contributed by atoms with E-state index in [-0.39, 0.29) is 0 Å². The second kappa shape index (κ2) is 7.16. The molecule has 3 nitrogen and oxygen atoms in total. The van der Waals surface area contributed by atoms with Crippen LogP contribution in [0.3, 0.4) is 0 Å². The molecule has 1 aromatic heterocycles. The monoisotopic (exact) mass is 355 g/mol. The van der Waals surface area contributed by atoms with Crippen molar-refractivity contribution in [1.29, 1.82) is 0 Å². The van der Waals surface area contributed by atoms with Gasteiger partial charge in [0.05, 0.1) is 12.1 Å². The van der Waals surface area contributed by atoms with Gasteiger partial charge in [-0.1, -0.05) is 47.5 Å². The van der Waals surface area contributed by atoms with E-state index in [1.807, 2.05) is 36.2 Å². The largest absolute Gasteiger partial charge is 0.365 e. The zero-order chi connectivity index (χ0) is 17.1. The van der Waals surface area contributed by atoms with Gasteiger partial charge in [0.25, 0.3) is 0 Å². The fourth-order valence-corrected chi connectivity index (χ4v) is 2.93. The lowest BCUT2D eigenvalue weighted by atomic mass is 10.1. The molecule has 0 aliphatic carbocycles. The van der Waals surface area contributed by atoms with Crippen LogP contribution in [-0.2, 0) is 6.54 Å². The zero-order valence-electron chi connectivity index (χ0n) is 13.6. The van der Waals surface area contributed by atoms with Gasteiger partial charge in [-0.3, -0.25) is 0 Å². The molecule has 0 aliphatic heterocycles. The lowest BCUT2D eigenvalue weighted by molar-refractivity contribution is 0.968. The highest BCUT2D eigenvalue weighted by Gasteiger charge is 2.15. The first-order chi connectivity index (χ1) is 11.6. The number of benzene rings is 2. The van der Waals surface area contributed by atoms with Crippen molar-refractivity contribution in [3.8, 4) is 0 Å². The molecular formula is C19H18ClN3S. The van der Waals surface area contributed by atoms with Crippen LogP contribution >= 0.6 is 23.8 Å². The van der Waals surface area contributed by atoms with Crippen molar-refractivity contribution in [1.82, 2.24) is 10.3 Å². The molecule has 0 radical (unpaired) electrons. The van der Waals surface area contributed by atoms with E-state index < -0.39 is 0 Å². The van der Waals surface area contributed by atoms with E-state index in [9.17, 15) is 0 Å². The van der Waals surface area contributed by atoms with Gasteiger partial charge < -0.3 is 10.2 Å². The second-order valence-electron chi connectivity index (χ2n) is 5.61. The van der Waals surface area contributed by atoms with Crippen molar-refractivity contribution in [2.75, 3.05) is 11.9 Å². The SMILES string of the molecule is CNC(=S)N(Cc1cc2ccccc2nc1Cl)c1ccc(C)cc1. The van der Waals surface area contributed by atoms with Crippen LogP contribution in [0.25, 0.3) is 10.9 Å². The molecule has 122 valence electrons. The van der Waals surface area contributed by atoms with Gasteiger partial charge in [0.1, 0.15) is 5.15 Å². The summed E-state index contributed by atoms with van der Waals surface area (Å²) in [4.78, 5) is 6.52. The predicted molar refractivity (Wildman–Crippen MR) is 106 cm³/mol. The Morgan fingerprint density at radius 3 is 2.58 bits per heavy atom. The summed E-state index contributed by atoms with van der Waals surface area (Å²) in [6.45, 7) is 2.62. The number of hydrogen-bond acceptors (Lipinski definition) is 2. The Morgan fingerprint density at radius 2 is 1.88 bits per heavy atom. The molecule has 5 heteroatoms. The number of thiocarbonyl (C=S) groups is 1. The summed E-state index contributed by atoms with van der Waals surface area (Å²) in [6.07, 6.45) is 0. The maximum Gasteiger partial charge on any atom is 0.173 e. The van der Waals surface area contributed by atoms with E-state index in [0.717, 1.165) is 22.2 Å². The van der Waals surface area contributed by atoms with Crippen molar-refractivity contribution in [3.63, 3.8) is 0 Å². The highest BCUT2D eigenvalue weighted by atomic mass is 35.5. The maximum atomic E-state index is 6.41. The number of pyridine rings is 1. The van der Waals surface area contributed by atoms with Crippen LogP contribution in [0.4, 0.5) is 5.69 Å². The molecule has 0 saturated carbocycles. The first kappa shape index (κ1) is 16.7. The third-order valence-electron chi connectivity index (χ3n) is 3.88. The van der Waals surface area contributed by atoms with Crippen LogP contribution in [-0.4, -0.2) is 17.1 Å². The zero-order valence-corrected chi connectivity index (χ0v) is 15.2. The average Bonchev–Trinajstić information content (AvgIpc) is 2.60. The Bertz CT molecular complexity index is 877. The Hall–Kier alpha value is -2.17. The molecule has 3 rings (SSSR count). The smallest absolute Gasteiger partial charge is 0.173 e. The molecule has 0 fully saturated rings. The van der Waals surface area contributed by atoms with Crippen LogP contribution in [0.2, 0.25) is 5.15 Å². The molecule has 0 amide bonds. The van der Waals surface area contributed by atoms with E-state index in [2.05, 4.69) is 47.6 Å². The van der Waals surface area contributed by atoms with Crippen molar-refractivity contribution in [3.05, 3.63) is 70.9 Å². The van der Waals surface area contributed by atoms with E-state index >= 15 is 0 Å². The van der Waals surface area contributed by atoms with Gasteiger partial charge >= 0.3 is 0 Å². The summed E-state index contributed by atoms with van der Waals surface area (Å²) in [5.74, 6) is 0. The first-order valence-electron chi connectivity index (χ1n) is 7.68. The number of aromatic nitrogens is 1. The number of halogens is 1. The van der Waals surface area contributed by atoms with Crippen LogP contribution in [0.5, 0.6) is 0 Å². The Balaban J connectivity index is 1.99. The molecule has 0 saturated heterocycles. The van der Waals surface area contributed by atoms with E-state index in [1.54, 1.807) is 0 Å². The summed E-state index contributed by atoms with van der Waals surface area (Å²) < 4.78 is 0. The Morgan fingerprint density at radius 1 is 1.17 bits per heavy atom. The van der Waals surface area contributed by atoms with Gasteiger partial charge in [-0.05, 0) is 43.4 Å². The standard InChI is InChI=1S/C19H18ClN3S/c1-13-7-9-16(10-8-13)23(19(24)21-2)12-15-11-14-5-3-4-6-17(14)22-18(15)20/h3-11H,12H2,1-2H3,(H,21,24). The van der Waals surface area contributed by atoms with Crippen LogP contribution in [0, 0.1) is 6.92 Å². The second-order valence-corrected chi connectivity index (χ2v) is 6.35. The average molecular weight is 356 g/mol. The van der Waals surface area contributed by atoms with Crippen molar-refractivity contribution < 1.29 is 0 Å². The predicted octanol–water partition coefficient (Wildman–Crippen LogP) is 4.71. The topological polar surface area (TPSA) is 28.2 Å². The molecular weight excluding hydrogens is 338 g/mol. The highest BCUT2D eigenvalue weighted by molar-refractivity contribution is 7.80. The number of nitrogens with one attached hydrogen (secondary N) is 1. The van der Waals surface area contributed by atoms with Gasteiger partial charge in [0.2, 0.25) is 0 Å². The molecule has 3 aromatic rings. The van der Waals surface area contributed by atoms with Crippen molar-refractivity contribution >= 4 is 45.5 Å². The number of hydrogen-bond donors (Lipinski definition) is 1. The summed E-state index contributed by atoms with van der Waals surface area (Å²) in [5, 5.41) is 5.26. The minimum atomic E-state index is 0.504. The molecule has 0 bridgehead atoms. The van der Waals surface area contributed by atoms with E-state index in [0.29, 0.717) is 16.8 Å². The third-order valence-corrected chi connectivity index (χ3v) is 4.63. The van der Waals surface area contributed by atoms with Gasteiger partial charge in [0.15, 0.2) is 5.11 Å². The fourth-order valence-electron chi connectivity index (χ4n) is 2.56. The Kier molecular flexibility index (Phi) is 4.97. The molecule has 0 unspecified atom stereocenters. The molecule has 24 heavy (non-hydrogen) atoms. The minimum Gasteiger partial charge on any atom is -0.365 e. The highest BCUT2D eigenvalue weighted by Crippen LogP contribution is 2.25. The summed E-state index contributed by atoms with van der Waals surface area (Å²) in [7, 11) is 1.82. The maximum absolute atomic E-state index is 6.41. The molecule has 0 aliphatic rings. The van der Waals surface area contributed by atoms with Gasteiger partial charge in [0, 0.05) is 23.7 Å². The number of fused-ring (bicyclic) bond motifs is 1. The van der Waals surface area contributed by atoms with E-state index in [1.165, 1.54) is 5.56 Å². The number of aryl methyl sites for hydroxylation is 1. The first-order valence-corrected chi connectivity index (χ1v) is 8.47. The fraction of sp³-hybridized carbons (Fsp3) is 0.158. The van der Waals surface area contributed by atoms with Crippen molar-refractivity contribution in [2.45, 2.75) is 13.5 Å². The van der Waals surface area contributed by atoms with Gasteiger partial charge in [-0.2, -0.15) is 0 Å². The minimum absolute atomic E-state index is 0.504. The lowest BCUT2D eigenvalue weighted by Crippen LogP contribution is -2.37. The number of para-hydroxylation sites is 1. The summed E-state index contributed by atoms with van der Waals surface area (Å²) in [5.41, 5.74) is 4.06. The number of rotatable bonds is 3. The number of anilines is 1. The molecule has 2 aromatic carbocycles. The van der Waals surface area contributed by atoms with Crippen LogP contribution < -0.4 is 10.2 Å². The van der Waals surface area contributed by atoms with Crippen LogP contribution in [0.1, 0.15) is 11.1 Å². The summed E-state index contributed by atoms with van der Waals surface area (Å²) >= 11 is 11.9. The molecule has 0 atom stereocenters. The Labute approximate surface area is 152 Å².